The van der Waals surface area contributed by atoms with Gasteiger partial charge < -0.3 is 28.9 Å². The third-order valence-electron chi connectivity index (χ3n) is 6.29. The lowest BCUT2D eigenvalue weighted by molar-refractivity contribution is 0.0601. The summed E-state index contributed by atoms with van der Waals surface area (Å²) in [5.74, 6) is 1.39. The molecular formula is C29H22N4O5. The number of carbonyl (C=O) groups is 1. The fourth-order valence-electron chi connectivity index (χ4n) is 4.44. The standard InChI is InChI=1S/C29H22N4O5/c1-33-12-11-30-27(33)17-3-7-20(8-4-17)31-26(18-6-10-23-24(16-18)38-14-13-37-23)25-21-9-5-19(29(35)36-2)15-22(21)32-28(25)34/h3-16,32,34H,1-2H3. The number of rotatable bonds is 5. The summed E-state index contributed by atoms with van der Waals surface area (Å²) in [6, 6.07) is 18.2. The molecule has 0 bridgehead atoms. The molecule has 0 spiro atoms. The molecule has 9 nitrogen and oxygen atoms in total. The van der Waals surface area contributed by atoms with Crippen molar-refractivity contribution in [1.82, 2.24) is 14.5 Å². The molecule has 0 fully saturated rings. The number of H-pyrrole nitrogens is 1. The Hall–Kier alpha value is -5.31. The maximum absolute atomic E-state index is 12.1. The Balaban J connectivity index is 1.50. The van der Waals surface area contributed by atoms with Crippen molar-refractivity contribution in [3.05, 3.63) is 102 Å². The number of methoxy groups -OCH3 is 1. The Morgan fingerprint density at radius 2 is 1.76 bits per heavy atom. The topological polar surface area (TPSA) is 111 Å². The van der Waals surface area contributed by atoms with E-state index in [2.05, 4.69) is 9.97 Å². The lowest BCUT2D eigenvalue weighted by Crippen LogP contribution is -2.05. The molecule has 2 N–H and O–H groups in total. The largest absolute Gasteiger partial charge is 0.494 e. The quantitative estimate of drug-likeness (QED) is 0.242. The number of hydrogen-bond acceptors (Lipinski definition) is 7. The molecule has 0 unspecified atom stereocenters. The Morgan fingerprint density at radius 1 is 1.00 bits per heavy atom. The Morgan fingerprint density at radius 3 is 2.50 bits per heavy atom. The molecular weight excluding hydrogens is 484 g/mol. The van der Waals surface area contributed by atoms with Crippen LogP contribution in [0.2, 0.25) is 0 Å². The Kier molecular flexibility index (Phi) is 5.65. The minimum atomic E-state index is -0.468. The number of aliphatic imine (C=N–C) groups is 1. The highest BCUT2D eigenvalue weighted by atomic mass is 16.5. The van der Waals surface area contributed by atoms with Gasteiger partial charge in [0.15, 0.2) is 17.4 Å². The molecule has 0 saturated heterocycles. The van der Waals surface area contributed by atoms with Crippen molar-refractivity contribution in [1.29, 1.82) is 0 Å². The highest BCUT2D eigenvalue weighted by Gasteiger charge is 2.22. The molecule has 2 aromatic heterocycles. The van der Waals surface area contributed by atoms with Gasteiger partial charge in [0.25, 0.3) is 0 Å². The van der Waals surface area contributed by atoms with Crippen LogP contribution in [0.4, 0.5) is 5.69 Å². The highest BCUT2D eigenvalue weighted by Crippen LogP contribution is 2.36. The Labute approximate surface area is 217 Å². The van der Waals surface area contributed by atoms with E-state index in [9.17, 15) is 9.90 Å². The summed E-state index contributed by atoms with van der Waals surface area (Å²) in [6.45, 7) is 0. The first kappa shape index (κ1) is 23.1. The molecule has 0 aliphatic carbocycles. The number of hydrogen-bond donors (Lipinski definition) is 2. The summed E-state index contributed by atoms with van der Waals surface area (Å²) in [4.78, 5) is 24.4. The molecule has 0 atom stereocenters. The summed E-state index contributed by atoms with van der Waals surface area (Å²) >= 11 is 0. The molecule has 38 heavy (non-hydrogen) atoms. The molecule has 6 rings (SSSR count). The molecule has 188 valence electrons. The number of aromatic amines is 1. The van der Waals surface area contributed by atoms with Gasteiger partial charge in [0.1, 0.15) is 18.3 Å². The van der Waals surface area contributed by atoms with Crippen molar-refractivity contribution < 1.29 is 24.1 Å². The number of benzene rings is 3. The zero-order valence-corrected chi connectivity index (χ0v) is 20.5. The number of ether oxygens (including phenoxy) is 3. The predicted octanol–water partition coefficient (Wildman–Crippen LogP) is 5.47. The Bertz CT molecular complexity index is 1740. The highest BCUT2D eigenvalue weighted by molar-refractivity contribution is 6.22. The normalized spacial score (nSPS) is 12.6. The average Bonchev–Trinajstić information content (AvgIpc) is 3.52. The minimum absolute atomic E-state index is 0.0832. The second-order valence-electron chi connectivity index (χ2n) is 8.64. The van der Waals surface area contributed by atoms with E-state index < -0.39 is 5.97 Å². The molecule has 9 heteroatoms. The number of esters is 1. The van der Waals surface area contributed by atoms with E-state index in [1.807, 2.05) is 48.1 Å². The lowest BCUT2D eigenvalue weighted by Gasteiger charge is -2.15. The molecule has 0 radical (unpaired) electrons. The maximum atomic E-state index is 12.1. The van der Waals surface area contributed by atoms with Crippen molar-refractivity contribution in [3.63, 3.8) is 0 Å². The second-order valence-corrected chi connectivity index (χ2v) is 8.64. The van der Waals surface area contributed by atoms with E-state index in [-0.39, 0.29) is 5.88 Å². The van der Waals surface area contributed by atoms with E-state index in [4.69, 9.17) is 19.2 Å². The average molecular weight is 507 g/mol. The molecule has 3 aromatic carbocycles. The van der Waals surface area contributed by atoms with Gasteiger partial charge >= 0.3 is 5.97 Å². The SMILES string of the molecule is COC(=O)c1ccc2c(C(=Nc3ccc(-c4nccn4C)cc3)c3ccc4c(c3)OC=CO4)c(O)[nH]c2c1. The van der Waals surface area contributed by atoms with Crippen molar-refractivity contribution in [2.75, 3.05) is 7.11 Å². The summed E-state index contributed by atoms with van der Waals surface area (Å²) < 4.78 is 17.9. The first-order chi connectivity index (χ1) is 18.5. The van der Waals surface area contributed by atoms with Gasteiger partial charge in [-0.3, -0.25) is 0 Å². The number of aromatic nitrogens is 3. The van der Waals surface area contributed by atoms with Crippen LogP contribution in [0.15, 0.2) is 90.6 Å². The van der Waals surface area contributed by atoms with Gasteiger partial charge in [-0.15, -0.1) is 0 Å². The number of nitrogens with one attached hydrogen (secondary N) is 1. The summed E-state index contributed by atoms with van der Waals surface area (Å²) in [7, 11) is 3.26. The van der Waals surface area contributed by atoms with Gasteiger partial charge in [-0.25, -0.2) is 14.8 Å². The monoisotopic (exact) mass is 506 g/mol. The van der Waals surface area contributed by atoms with Crippen LogP contribution in [0, 0.1) is 0 Å². The minimum Gasteiger partial charge on any atom is -0.494 e. The molecule has 1 aliphatic heterocycles. The van der Waals surface area contributed by atoms with Crippen LogP contribution in [-0.2, 0) is 11.8 Å². The summed E-state index contributed by atoms with van der Waals surface area (Å²) in [5.41, 5.74) is 4.24. The second kappa shape index (κ2) is 9.29. The van der Waals surface area contributed by atoms with E-state index in [0.29, 0.717) is 50.5 Å². The maximum Gasteiger partial charge on any atom is 0.337 e. The van der Waals surface area contributed by atoms with Crippen LogP contribution in [0.1, 0.15) is 21.5 Å². The fourth-order valence-corrected chi connectivity index (χ4v) is 4.44. The molecule has 0 amide bonds. The van der Waals surface area contributed by atoms with E-state index in [1.165, 1.54) is 19.6 Å². The molecule has 3 heterocycles. The first-order valence-electron chi connectivity index (χ1n) is 11.7. The number of fused-ring (bicyclic) bond motifs is 2. The van der Waals surface area contributed by atoms with E-state index in [0.717, 1.165) is 11.4 Å². The number of aryl methyl sites for hydroxylation is 1. The van der Waals surface area contributed by atoms with E-state index >= 15 is 0 Å². The zero-order chi connectivity index (χ0) is 26.2. The number of aromatic hydroxyl groups is 1. The van der Waals surface area contributed by atoms with Crippen molar-refractivity contribution >= 4 is 28.3 Å². The zero-order valence-electron chi connectivity index (χ0n) is 20.5. The lowest BCUT2D eigenvalue weighted by atomic mass is 9.99. The van der Waals surface area contributed by atoms with Gasteiger partial charge in [-0.1, -0.05) is 6.07 Å². The van der Waals surface area contributed by atoms with Crippen LogP contribution < -0.4 is 9.47 Å². The number of imidazole rings is 1. The third-order valence-corrected chi connectivity index (χ3v) is 6.29. The van der Waals surface area contributed by atoms with Crippen LogP contribution in [0.3, 0.4) is 0 Å². The van der Waals surface area contributed by atoms with E-state index in [1.54, 1.807) is 36.5 Å². The van der Waals surface area contributed by atoms with Crippen molar-refractivity contribution in [3.8, 4) is 28.8 Å². The van der Waals surface area contributed by atoms with Gasteiger partial charge in [-0.2, -0.15) is 0 Å². The predicted molar refractivity (Wildman–Crippen MR) is 142 cm³/mol. The number of nitrogens with zero attached hydrogens (tertiary/aromatic N) is 3. The van der Waals surface area contributed by atoms with Crippen molar-refractivity contribution in [2.24, 2.45) is 12.0 Å². The van der Waals surface area contributed by atoms with Gasteiger partial charge in [-0.05, 0) is 54.6 Å². The smallest absolute Gasteiger partial charge is 0.337 e. The molecule has 5 aromatic rings. The molecule has 1 aliphatic rings. The van der Waals surface area contributed by atoms with Crippen molar-refractivity contribution in [2.45, 2.75) is 0 Å². The summed E-state index contributed by atoms with van der Waals surface area (Å²) in [6.07, 6.45) is 6.56. The van der Waals surface area contributed by atoms with Crippen LogP contribution in [0.5, 0.6) is 17.4 Å². The van der Waals surface area contributed by atoms with Crippen LogP contribution in [0.25, 0.3) is 22.3 Å². The van der Waals surface area contributed by atoms with Crippen LogP contribution >= 0.6 is 0 Å². The number of carbonyl (C=O) groups excluding carboxylic acids is 1. The van der Waals surface area contributed by atoms with Crippen LogP contribution in [-0.4, -0.2) is 38.4 Å². The summed E-state index contributed by atoms with van der Waals surface area (Å²) in [5, 5.41) is 11.7. The third kappa shape index (κ3) is 4.05. The fraction of sp³-hybridized carbons (Fsp3) is 0.0690. The first-order valence-corrected chi connectivity index (χ1v) is 11.7. The van der Waals surface area contributed by atoms with Gasteiger partial charge in [0.05, 0.1) is 29.6 Å². The molecule has 0 saturated carbocycles. The van der Waals surface area contributed by atoms with Gasteiger partial charge in [0.2, 0.25) is 0 Å². The van der Waals surface area contributed by atoms with Gasteiger partial charge in [0, 0.05) is 41.5 Å².